The minimum Gasteiger partial charge on any atom is -0.481 e. The highest BCUT2D eigenvalue weighted by Crippen LogP contribution is 2.07. The molecular weight excluding hydrogens is 426 g/mol. The maximum absolute atomic E-state index is 12.6. The van der Waals surface area contributed by atoms with Crippen LogP contribution in [0.3, 0.4) is 0 Å². The predicted octanol–water partition coefficient (Wildman–Crippen LogP) is -1.95. The third kappa shape index (κ3) is 11.8. The summed E-state index contributed by atoms with van der Waals surface area (Å²) in [5.41, 5.74) is 10.6. The highest BCUT2D eigenvalue weighted by Gasteiger charge is 2.29. The number of hydrogen-bond acceptors (Lipinski definition) is 7. The van der Waals surface area contributed by atoms with E-state index in [2.05, 4.69) is 16.0 Å². The van der Waals surface area contributed by atoms with Gasteiger partial charge < -0.3 is 37.6 Å². The number of carboxylic acids is 2. The van der Waals surface area contributed by atoms with Gasteiger partial charge in [0, 0.05) is 12.8 Å². The Kier molecular flexibility index (Phi) is 12.6. The number of carbonyl (C=O) groups is 6. The second-order valence-corrected chi connectivity index (χ2v) is 7.86. The van der Waals surface area contributed by atoms with Crippen LogP contribution in [-0.2, 0) is 28.8 Å². The zero-order valence-corrected chi connectivity index (χ0v) is 18.4. The van der Waals surface area contributed by atoms with Crippen molar-refractivity contribution in [2.45, 2.75) is 77.0 Å². The zero-order valence-electron chi connectivity index (χ0n) is 18.4. The summed E-state index contributed by atoms with van der Waals surface area (Å²) < 4.78 is 0. The summed E-state index contributed by atoms with van der Waals surface area (Å²) in [6.45, 7) is 4.85. The van der Waals surface area contributed by atoms with Crippen molar-refractivity contribution in [3.63, 3.8) is 0 Å². The average Bonchev–Trinajstić information content (AvgIpc) is 2.67. The number of nitrogens with two attached hydrogens (primary N) is 2. The fraction of sp³-hybridized carbons (Fsp3) is 0.684. The van der Waals surface area contributed by atoms with E-state index in [4.69, 9.17) is 16.6 Å². The van der Waals surface area contributed by atoms with E-state index in [9.17, 15) is 33.9 Å². The highest BCUT2D eigenvalue weighted by molar-refractivity contribution is 5.94. The van der Waals surface area contributed by atoms with Gasteiger partial charge in [-0.3, -0.25) is 24.0 Å². The van der Waals surface area contributed by atoms with Gasteiger partial charge in [0.1, 0.15) is 18.1 Å². The second kappa shape index (κ2) is 14.0. The van der Waals surface area contributed by atoms with Crippen molar-refractivity contribution in [2.75, 3.05) is 0 Å². The lowest BCUT2D eigenvalue weighted by Gasteiger charge is -2.24. The maximum Gasteiger partial charge on any atom is 0.326 e. The Bertz CT molecular complexity index is 712. The molecule has 13 heteroatoms. The summed E-state index contributed by atoms with van der Waals surface area (Å²) in [5, 5.41) is 25.1. The Morgan fingerprint density at radius 2 is 1.34 bits per heavy atom. The molecule has 0 heterocycles. The molecule has 0 aromatic rings. The number of amides is 4. The molecule has 0 fully saturated rings. The molecule has 9 N–H and O–H groups in total. The van der Waals surface area contributed by atoms with Crippen molar-refractivity contribution < 1.29 is 39.0 Å². The first-order chi connectivity index (χ1) is 14.7. The molecule has 0 aromatic carbocycles. The Morgan fingerprint density at radius 3 is 1.81 bits per heavy atom. The lowest BCUT2D eigenvalue weighted by atomic mass is 10.0. The Balaban J connectivity index is 5.14. The monoisotopic (exact) mass is 459 g/mol. The van der Waals surface area contributed by atoms with E-state index < -0.39 is 66.2 Å². The molecule has 13 nitrogen and oxygen atoms in total. The SMILES string of the molecule is CC(C)CC(NC(=O)C(CCC(=O)O)NC(=O)C(C)NC(=O)C(N)CCC(N)=O)C(=O)O. The normalized spacial score (nSPS) is 14.5. The van der Waals surface area contributed by atoms with Crippen molar-refractivity contribution in [2.24, 2.45) is 17.4 Å². The quantitative estimate of drug-likeness (QED) is 0.144. The van der Waals surface area contributed by atoms with Gasteiger partial charge in [-0.05, 0) is 32.1 Å². The number of carboxylic acid groups (broad SMARTS) is 2. The third-order valence-corrected chi connectivity index (χ3v) is 4.39. The van der Waals surface area contributed by atoms with Crippen LogP contribution in [0.15, 0.2) is 0 Å². The number of primary amides is 1. The summed E-state index contributed by atoms with van der Waals surface area (Å²) in [5.74, 6) is -5.54. The Labute approximate surface area is 185 Å². The number of nitrogens with one attached hydrogen (secondary N) is 3. The molecule has 4 atom stereocenters. The van der Waals surface area contributed by atoms with Crippen LogP contribution in [-0.4, -0.2) is 69.9 Å². The van der Waals surface area contributed by atoms with Crippen LogP contribution in [0.5, 0.6) is 0 Å². The first-order valence-electron chi connectivity index (χ1n) is 10.1. The van der Waals surface area contributed by atoms with Crippen LogP contribution >= 0.6 is 0 Å². The van der Waals surface area contributed by atoms with Gasteiger partial charge in [0.15, 0.2) is 0 Å². The van der Waals surface area contributed by atoms with Crippen LogP contribution in [0, 0.1) is 5.92 Å². The molecule has 4 unspecified atom stereocenters. The number of hydrogen-bond donors (Lipinski definition) is 7. The van der Waals surface area contributed by atoms with Crippen LogP contribution < -0.4 is 27.4 Å². The Morgan fingerprint density at radius 1 is 0.781 bits per heavy atom. The van der Waals surface area contributed by atoms with Crippen molar-refractivity contribution in [3.8, 4) is 0 Å². The molecule has 0 spiro atoms. The summed E-state index contributed by atoms with van der Waals surface area (Å²) >= 11 is 0. The van der Waals surface area contributed by atoms with Crippen LogP contribution in [0.2, 0.25) is 0 Å². The van der Waals surface area contributed by atoms with Gasteiger partial charge in [-0.1, -0.05) is 13.8 Å². The lowest BCUT2D eigenvalue weighted by Crippen LogP contribution is -2.56. The molecule has 0 aliphatic carbocycles. The van der Waals surface area contributed by atoms with Crippen molar-refractivity contribution in [1.29, 1.82) is 0 Å². The van der Waals surface area contributed by atoms with E-state index in [0.29, 0.717) is 0 Å². The summed E-state index contributed by atoms with van der Waals surface area (Å²) in [6.07, 6.45) is -0.756. The van der Waals surface area contributed by atoms with Crippen LogP contribution in [0.1, 0.15) is 52.9 Å². The summed E-state index contributed by atoms with van der Waals surface area (Å²) in [4.78, 5) is 70.1. The summed E-state index contributed by atoms with van der Waals surface area (Å²) in [6, 6.07) is -4.79. The van der Waals surface area contributed by atoms with E-state index >= 15 is 0 Å². The van der Waals surface area contributed by atoms with E-state index in [1.165, 1.54) is 6.92 Å². The number of rotatable bonds is 15. The van der Waals surface area contributed by atoms with Crippen LogP contribution in [0.25, 0.3) is 0 Å². The number of aliphatic carboxylic acids is 2. The molecule has 0 saturated carbocycles. The standard InChI is InChI=1S/C19H33N5O8/c1-9(2)8-13(19(31)32)24-18(30)12(5-7-15(26)27)23-16(28)10(3)22-17(29)11(20)4-6-14(21)25/h9-13H,4-8,20H2,1-3H3,(H2,21,25)(H,22,29)(H,23,28)(H,24,30)(H,26,27)(H,31,32). The minimum absolute atomic E-state index is 0.0222. The zero-order chi connectivity index (χ0) is 25.0. The highest BCUT2D eigenvalue weighted by atomic mass is 16.4. The molecule has 0 rings (SSSR count). The smallest absolute Gasteiger partial charge is 0.326 e. The van der Waals surface area contributed by atoms with Gasteiger partial charge in [0.2, 0.25) is 23.6 Å². The largest absolute Gasteiger partial charge is 0.481 e. The molecule has 0 saturated heterocycles. The van der Waals surface area contributed by atoms with E-state index in [1.807, 2.05) is 0 Å². The predicted molar refractivity (Wildman–Crippen MR) is 112 cm³/mol. The molecule has 0 bridgehead atoms. The van der Waals surface area contributed by atoms with Gasteiger partial charge in [-0.2, -0.15) is 0 Å². The first-order valence-corrected chi connectivity index (χ1v) is 10.1. The minimum atomic E-state index is -1.34. The van der Waals surface area contributed by atoms with Gasteiger partial charge in [0.05, 0.1) is 6.04 Å². The third-order valence-electron chi connectivity index (χ3n) is 4.39. The fourth-order valence-corrected chi connectivity index (χ4v) is 2.61. The molecule has 0 aromatic heterocycles. The molecule has 0 aliphatic rings. The topological polar surface area (TPSA) is 231 Å². The second-order valence-electron chi connectivity index (χ2n) is 7.86. The maximum atomic E-state index is 12.6. The van der Waals surface area contributed by atoms with Gasteiger partial charge in [-0.15, -0.1) is 0 Å². The number of carbonyl (C=O) groups excluding carboxylic acids is 4. The average molecular weight is 460 g/mol. The summed E-state index contributed by atoms with van der Waals surface area (Å²) in [7, 11) is 0. The lowest BCUT2D eigenvalue weighted by molar-refractivity contribution is -0.143. The first kappa shape index (κ1) is 28.8. The molecule has 0 aliphatic heterocycles. The molecule has 32 heavy (non-hydrogen) atoms. The molecule has 4 amide bonds. The van der Waals surface area contributed by atoms with Crippen molar-refractivity contribution in [3.05, 3.63) is 0 Å². The van der Waals surface area contributed by atoms with E-state index in [1.54, 1.807) is 13.8 Å². The van der Waals surface area contributed by atoms with E-state index in [-0.39, 0.29) is 31.6 Å². The molecule has 182 valence electrons. The van der Waals surface area contributed by atoms with Crippen molar-refractivity contribution in [1.82, 2.24) is 16.0 Å². The molecular formula is C19H33N5O8. The van der Waals surface area contributed by atoms with Gasteiger partial charge in [-0.25, -0.2) is 4.79 Å². The Hall–Kier alpha value is -3.22. The van der Waals surface area contributed by atoms with Gasteiger partial charge in [0.25, 0.3) is 0 Å². The van der Waals surface area contributed by atoms with Gasteiger partial charge >= 0.3 is 11.9 Å². The van der Waals surface area contributed by atoms with Crippen LogP contribution in [0.4, 0.5) is 0 Å². The fourth-order valence-electron chi connectivity index (χ4n) is 2.61. The van der Waals surface area contributed by atoms with E-state index in [0.717, 1.165) is 0 Å². The van der Waals surface area contributed by atoms with Crippen molar-refractivity contribution >= 4 is 35.6 Å². The molecule has 0 radical (unpaired) electrons.